The van der Waals surface area contributed by atoms with Crippen molar-refractivity contribution in [2.24, 2.45) is 0 Å². The SMILES string of the molecule is Cc1ccc(N(C(=O)c2ccccc2)[C@H]2CS(=O)(=O)C[C@H]2OC(=O)c2ccccc2)cc1. The largest absolute Gasteiger partial charge is 0.455 e. The number of benzene rings is 3. The molecular weight excluding hydrogens is 426 g/mol. The first-order valence-corrected chi connectivity index (χ1v) is 12.1. The smallest absolute Gasteiger partial charge is 0.338 e. The fraction of sp³-hybridized carbons (Fsp3) is 0.200. The van der Waals surface area contributed by atoms with Gasteiger partial charge in [-0.3, -0.25) is 4.79 Å². The fourth-order valence-electron chi connectivity index (χ4n) is 3.81. The summed E-state index contributed by atoms with van der Waals surface area (Å²) < 4.78 is 30.8. The topological polar surface area (TPSA) is 80.8 Å². The summed E-state index contributed by atoms with van der Waals surface area (Å²) in [6, 6.07) is 23.5. The minimum Gasteiger partial charge on any atom is -0.455 e. The number of ether oxygens (including phenoxy) is 1. The van der Waals surface area contributed by atoms with E-state index in [-0.39, 0.29) is 17.4 Å². The molecular formula is C25H23NO5S. The monoisotopic (exact) mass is 449 g/mol. The van der Waals surface area contributed by atoms with Gasteiger partial charge in [0.15, 0.2) is 9.84 Å². The Kier molecular flexibility index (Phi) is 6.10. The van der Waals surface area contributed by atoms with Gasteiger partial charge >= 0.3 is 5.97 Å². The minimum atomic E-state index is -3.52. The average Bonchev–Trinajstić information content (AvgIpc) is 3.09. The molecule has 0 saturated carbocycles. The highest BCUT2D eigenvalue weighted by atomic mass is 32.2. The summed E-state index contributed by atoms with van der Waals surface area (Å²) in [5.74, 6) is -1.58. The van der Waals surface area contributed by atoms with Crippen LogP contribution < -0.4 is 4.90 Å². The molecule has 0 radical (unpaired) electrons. The van der Waals surface area contributed by atoms with Crippen molar-refractivity contribution in [2.45, 2.75) is 19.1 Å². The molecule has 1 aliphatic heterocycles. The highest BCUT2D eigenvalue weighted by Gasteiger charge is 2.46. The van der Waals surface area contributed by atoms with Gasteiger partial charge in [0.25, 0.3) is 5.91 Å². The first kappa shape index (κ1) is 21.8. The molecule has 0 bridgehead atoms. The summed E-state index contributed by atoms with van der Waals surface area (Å²) in [7, 11) is -3.52. The number of hydrogen-bond acceptors (Lipinski definition) is 5. The first-order valence-electron chi connectivity index (χ1n) is 10.3. The predicted molar refractivity (Wildman–Crippen MR) is 123 cm³/mol. The second kappa shape index (κ2) is 8.96. The molecule has 0 spiro atoms. The van der Waals surface area contributed by atoms with Crippen molar-refractivity contribution in [2.75, 3.05) is 16.4 Å². The average molecular weight is 450 g/mol. The number of hydrogen-bond donors (Lipinski definition) is 0. The molecule has 0 unspecified atom stereocenters. The van der Waals surface area contributed by atoms with E-state index in [2.05, 4.69) is 0 Å². The number of carbonyl (C=O) groups excluding carboxylic acids is 2. The zero-order valence-corrected chi connectivity index (χ0v) is 18.4. The Bertz CT molecular complexity index is 1210. The maximum absolute atomic E-state index is 13.5. The number of aryl methyl sites for hydroxylation is 1. The van der Waals surface area contributed by atoms with Crippen LogP contribution in [0.2, 0.25) is 0 Å². The van der Waals surface area contributed by atoms with Gasteiger partial charge < -0.3 is 9.64 Å². The first-order chi connectivity index (χ1) is 15.3. The number of nitrogens with zero attached hydrogens (tertiary/aromatic N) is 1. The molecule has 4 rings (SSSR count). The second-order valence-electron chi connectivity index (χ2n) is 7.83. The molecule has 1 fully saturated rings. The van der Waals surface area contributed by atoms with E-state index in [9.17, 15) is 18.0 Å². The molecule has 0 N–H and O–H groups in total. The van der Waals surface area contributed by atoms with Crippen LogP contribution in [0.25, 0.3) is 0 Å². The normalized spacial score (nSPS) is 19.3. The molecule has 0 aliphatic carbocycles. The summed E-state index contributed by atoms with van der Waals surface area (Å²) in [6.07, 6.45) is -0.985. The van der Waals surface area contributed by atoms with Crippen LogP contribution in [0, 0.1) is 6.92 Å². The predicted octanol–water partition coefficient (Wildman–Crippen LogP) is 3.66. The quantitative estimate of drug-likeness (QED) is 0.556. The molecule has 1 amide bonds. The van der Waals surface area contributed by atoms with E-state index < -0.39 is 28.0 Å². The molecule has 164 valence electrons. The van der Waals surface area contributed by atoms with Crippen LogP contribution in [0.3, 0.4) is 0 Å². The Hall–Kier alpha value is -3.45. The molecule has 32 heavy (non-hydrogen) atoms. The molecule has 1 heterocycles. The Morgan fingerprint density at radius 2 is 1.38 bits per heavy atom. The third-order valence-electron chi connectivity index (χ3n) is 5.42. The minimum absolute atomic E-state index is 0.286. The van der Waals surface area contributed by atoms with Gasteiger partial charge in [0.1, 0.15) is 6.10 Å². The number of anilines is 1. The zero-order valence-electron chi connectivity index (χ0n) is 17.5. The van der Waals surface area contributed by atoms with E-state index in [1.165, 1.54) is 4.90 Å². The van der Waals surface area contributed by atoms with Gasteiger partial charge in [0, 0.05) is 11.3 Å². The van der Waals surface area contributed by atoms with Gasteiger partial charge in [-0.25, -0.2) is 13.2 Å². The molecule has 7 heteroatoms. The van der Waals surface area contributed by atoms with Gasteiger partial charge in [-0.2, -0.15) is 0 Å². The lowest BCUT2D eigenvalue weighted by Gasteiger charge is -2.32. The second-order valence-corrected chi connectivity index (χ2v) is 9.98. The van der Waals surface area contributed by atoms with Gasteiger partial charge in [-0.15, -0.1) is 0 Å². The van der Waals surface area contributed by atoms with Crippen molar-refractivity contribution in [3.63, 3.8) is 0 Å². The lowest BCUT2D eigenvalue weighted by Crippen LogP contribution is -2.48. The molecule has 1 saturated heterocycles. The van der Waals surface area contributed by atoms with Crippen LogP contribution in [-0.2, 0) is 14.6 Å². The third kappa shape index (κ3) is 4.73. The van der Waals surface area contributed by atoms with Gasteiger partial charge in [-0.1, -0.05) is 54.1 Å². The van der Waals surface area contributed by atoms with E-state index in [1.54, 1.807) is 72.8 Å². The van der Waals surface area contributed by atoms with E-state index in [1.807, 2.05) is 19.1 Å². The maximum atomic E-state index is 13.5. The van der Waals surface area contributed by atoms with Crippen molar-refractivity contribution >= 4 is 27.4 Å². The molecule has 2 atom stereocenters. The molecule has 3 aromatic carbocycles. The lowest BCUT2D eigenvalue weighted by molar-refractivity contribution is 0.0314. The van der Waals surface area contributed by atoms with Crippen molar-refractivity contribution in [1.29, 1.82) is 0 Å². The molecule has 3 aromatic rings. The number of amides is 1. The Labute approximate surface area is 187 Å². The van der Waals surface area contributed by atoms with Crippen molar-refractivity contribution in [3.05, 3.63) is 102 Å². The van der Waals surface area contributed by atoms with Crippen LogP contribution in [0.5, 0.6) is 0 Å². The maximum Gasteiger partial charge on any atom is 0.338 e. The van der Waals surface area contributed by atoms with Crippen LogP contribution in [-0.4, -0.2) is 43.9 Å². The summed E-state index contributed by atoms with van der Waals surface area (Å²) in [5, 5.41) is 0. The fourth-order valence-corrected chi connectivity index (χ4v) is 5.63. The Morgan fingerprint density at radius 3 is 1.97 bits per heavy atom. The number of esters is 1. The number of rotatable bonds is 5. The zero-order chi connectivity index (χ0) is 22.7. The molecule has 1 aliphatic rings. The van der Waals surface area contributed by atoms with Crippen LogP contribution >= 0.6 is 0 Å². The van der Waals surface area contributed by atoms with E-state index in [0.29, 0.717) is 16.8 Å². The van der Waals surface area contributed by atoms with Gasteiger partial charge in [-0.05, 0) is 43.3 Å². The van der Waals surface area contributed by atoms with Gasteiger partial charge in [0.05, 0.1) is 23.1 Å². The van der Waals surface area contributed by atoms with E-state index in [4.69, 9.17) is 4.74 Å². The number of carbonyl (C=O) groups is 2. The molecule has 0 aromatic heterocycles. The van der Waals surface area contributed by atoms with Crippen molar-refractivity contribution in [1.82, 2.24) is 0 Å². The highest BCUT2D eigenvalue weighted by Crippen LogP contribution is 2.29. The van der Waals surface area contributed by atoms with Crippen molar-refractivity contribution in [3.8, 4) is 0 Å². The summed E-state index contributed by atoms with van der Waals surface area (Å²) in [5.41, 5.74) is 2.30. The van der Waals surface area contributed by atoms with E-state index in [0.717, 1.165) is 5.56 Å². The van der Waals surface area contributed by atoms with E-state index >= 15 is 0 Å². The molecule has 6 nitrogen and oxygen atoms in total. The Morgan fingerprint density at radius 1 is 0.812 bits per heavy atom. The van der Waals surface area contributed by atoms with Gasteiger partial charge in [0.2, 0.25) is 0 Å². The summed E-state index contributed by atoms with van der Waals surface area (Å²) >= 11 is 0. The van der Waals surface area contributed by atoms with Crippen molar-refractivity contribution < 1.29 is 22.7 Å². The van der Waals surface area contributed by atoms with Crippen LogP contribution in [0.15, 0.2) is 84.9 Å². The highest BCUT2D eigenvalue weighted by molar-refractivity contribution is 7.91. The number of sulfone groups is 1. The standard InChI is InChI=1S/C25H23NO5S/c1-18-12-14-21(15-13-18)26(24(27)19-8-4-2-5-9-19)22-16-32(29,30)17-23(22)31-25(28)20-10-6-3-7-11-20/h2-15,22-23H,16-17H2,1H3/t22-,23+/m0/s1. The van der Waals surface area contributed by atoms with Crippen LogP contribution in [0.4, 0.5) is 5.69 Å². The summed E-state index contributed by atoms with van der Waals surface area (Å²) in [4.78, 5) is 27.6. The summed E-state index contributed by atoms with van der Waals surface area (Å²) in [6.45, 7) is 1.93. The third-order valence-corrected chi connectivity index (χ3v) is 7.11. The van der Waals surface area contributed by atoms with Crippen LogP contribution in [0.1, 0.15) is 26.3 Å². The Balaban J connectivity index is 1.72. The lowest BCUT2D eigenvalue weighted by atomic mass is 10.1.